The van der Waals surface area contributed by atoms with Crippen LogP contribution in [0.3, 0.4) is 0 Å². The van der Waals surface area contributed by atoms with Gasteiger partial charge in [-0.15, -0.1) is 0 Å². The quantitative estimate of drug-likeness (QED) is 0.653. The molecule has 9 heteroatoms. The van der Waals surface area contributed by atoms with Crippen LogP contribution in [0.4, 0.5) is 15.8 Å². The zero-order valence-corrected chi connectivity index (χ0v) is 11.7. The van der Waals surface area contributed by atoms with Gasteiger partial charge in [0.1, 0.15) is 25.8 Å². The first-order valence-electron chi connectivity index (χ1n) is 4.76. The lowest BCUT2D eigenvalue weighted by Gasteiger charge is -2.07. The molecule has 0 radical (unpaired) electrons. The molecule has 1 aromatic rings. The summed E-state index contributed by atoms with van der Waals surface area (Å²) in [6.07, 6.45) is 1.05. The lowest BCUT2D eigenvalue weighted by atomic mass is 10.2. The molecule has 0 heterocycles. The van der Waals surface area contributed by atoms with E-state index in [0.717, 1.165) is 18.4 Å². The van der Waals surface area contributed by atoms with E-state index < -0.39 is 20.6 Å². The van der Waals surface area contributed by atoms with Crippen LogP contribution in [0.25, 0.3) is 0 Å². The van der Waals surface area contributed by atoms with Crippen molar-refractivity contribution in [2.45, 2.75) is 0 Å². The van der Waals surface area contributed by atoms with Gasteiger partial charge < -0.3 is 5.32 Å². The molecule has 18 heavy (non-hydrogen) atoms. The second-order valence-corrected chi connectivity index (χ2v) is 6.71. The molecule has 0 saturated carbocycles. The van der Waals surface area contributed by atoms with E-state index in [1.165, 1.54) is 0 Å². The smallest absolute Gasteiger partial charge is 0.306 e. The molecule has 0 fully saturated rings. The number of nitrogens with one attached hydrogen (secondary N) is 1. The van der Waals surface area contributed by atoms with Crippen molar-refractivity contribution >= 4 is 37.1 Å². The zero-order valence-electron chi connectivity index (χ0n) is 9.31. The second kappa shape index (κ2) is 5.61. The maximum Gasteiger partial charge on any atom is 0.306 e. The molecule has 0 aliphatic heterocycles. The molecule has 0 saturated heterocycles. The van der Waals surface area contributed by atoms with Crippen LogP contribution in [0.15, 0.2) is 16.6 Å². The molecule has 0 amide bonds. The van der Waals surface area contributed by atoms with Crippen molar-refractivity contribution in [3.63, 3.8) is 0 Å². The van der Waals surface area contributed by atoms with Crippen LogP contribution in [-0.4, -0.2) is 31.9 Å². The van der Waals surface area contributed by atoms with Crippen molar-refractivity contribution in [2.24, 2.45) is 0 Å². The van der Waals surface area contributed by atoms with Gasteiger partial charge in [0.15, 0.2) is 0 Å². The minimum absolute atomic E-state index is 0.00523. The maximum atomic E-state index is 13.1. The third-order valence-electron chi connectivity index (χ3n) is 2.00. The zero-order chi connectivity index (χ0) is 13.9. The lowest BCUT2D eigenvalue weighted by Crippen LogP contribution is -2.15. The Morgan fingerprint density at radius 3 is 2.61 bits per heavy atom. The van der Waals surface area contributed by atoms with Gasteiger partial charge in [-0.3, -0.25) is 10.1 Å². The van der Waals surface area contributed by atoms with Crippen LogP contribution in [0.1, 0.15) is 0 Å². The maximum absolute atomic E-state index is 13.1. The van der Waals surface area contributed by atoms with Gasteiger partial charge in [-0.05, 0) is 22.0 Å². The highest BCUT2D eigenvalue weighted by atomic mass is 79.9. The van der Waals surface area contributed by atoms with Crippen molar-refractivity contribution < 1.29 is 17.7 Å². The molecule has 1 N–H and O–H groups in total. The van der Waals surface area contributed by atoms with Gasteiger partial charge in [0.25, 0.3) is 0 Å². The molecule has 0 aliphatic carbocycles. The highest BCUT2D eigenvalue weighted by molar-refractivity contribution is 9.10. The number of nitro benzene ring substituents is 1. The first-order chi connectivity index (χ1) is 8.20. The summed E-state index contributed by atoms with van der Waals surface area (Å²) in [4.78, 5) is 10.1. The Morgan fingerprint density at radius 1 is 1.50 bits per heavy atom. The summed E-state index contributed by atoms with van der Waals surface area (Å²) >= 11 is 2.89. The SMILES string of the molecule is CS(=O)(=O)CCNc1cc(F)cc(Br)c1[N+](=O)[O-]. The van der Waals surface area contributed by atoms with Gasteiger partial charge >= 0.3 is 5.69 Å². The van der Waals surface area contributed by atoms with Crippen molar-refractivity contribution in [3.8, 4) is 0 Å². The van der Waals surface area contributed by atoms with Gasteiger partial charge in [-0.2, -0.15) is 0 Å². The Morgan fingerprint density at radius 2 is 2.11 bits per heavy atom. The Labute approximate surface area is 111 Å². The summed E-state index contributed by atoms with van der Waals surface area (Å²) < 4.78 is 35.0. The number of nitro groups is 1. The molecule has 100 valence electrons. The first-order valence-corrected chi connectivity index (χ1v) is 7.61. The molecular weight excluding hydrogens is 331 g/mol. The molecule has 1 rings (SSSR count). The average molecular weight is 341 g/mol. The molecule has 0 atom stereocenters. The Hall–Kier alpha value is -1.22. The summed E-state index contributed by atoms with van der Waals surface area (Å²) in [6.45, 7) is -0.0322. The second-order valence-electron chi connectivity index (χ2n) is 3.60. The van der Waals surface area contributed by atoms with Crippen LogP contribution >= 0.6 is 15.9 Å². The fourth-order valence-electron chi connectivity index (χ4n) is 1.26. The number of hydrogen-bond acceptors (Lipinski definition) is 5. The molecular formula is C9H10BrFN2O4S. The number of halogens is 2. The minimum Gasteiger partial charge on any atom is -0.378 e. The number of hydrogen-bond donors (Lipinski definition) is 1. The largest absolute Gasteiger partial charge is 0.378 e. The fraction of sp³-hybridized carbons (Fsp3) is 0.333. The summed E-state index contributed by atoms with van der Waals surface area (Å²) in [7, 11) is -3.19. The third kappa shape index (κ3) is 4.22. The van der Waals surface area contributed by atoms with E-state index in [1.54, 1.807) is 0 Å². The molecule has 6 nitrogen and oxygen atoms in total. The van der Waals surface area contributed by atoms with Crippen molar-refractivity contribution in [1.29, 1.82) is 0 Å². The lowest BCUT2D eigenvalue weighted by molar-refractivity contribution is -0.384. The monoisotopic (exact) mass is 340 g/mol. The van der Waals surface area contributed by atoms with Crippen LogP contribution in [0.5, 0.6) is 0 Å². The third-order valence-corrected chi connectivity index (χ3v) is 3.55. The Balaban J connectivity index is 2.97. The fourth-order valence-corrected chi connectivity index (χ4v) is 2.31. The number of sulfone groups is 1. The van der Waals surface area contributed by atoms with Gasteiger partial charge in [-0.1, -0.05) is 0 Å². The molecule has 1 aromatic carbocycles. The highest BCUT2D eigenvalue weighted by Crippen LogP contribution is 2.33. The standard InChI is InChI=1S/C9H10BrFN2O4S/c1-18(16,17)3-2-12-8-5-6(11)4-7(10)9(8)13(14)15/h4-5,12H,2-3H2,1H3. The summed E-state index contributed by atoms with van der Waals surface area (Å²) in [5, 5.41) is 13.4. The van der Waals surface area contributed by atoms with Gasteiger partial charge in [0.2, 0.25) is 0 Å². The van der Waals surface area contributed by atoms with E-state index in [-0.39, 0.29) is 28.1 Å². The summed E-state index contributed by atoms with van der Waals surface area (Å²) in [6, 6.07) is 1.92. The molecule has 0 unspecified atom stereocenters. The normalized spacial score (nSPS) is 11.3. The average Bonchev–Trinajstić information content (AvgIpc) is 2.13. The van der Waals surface area contributed by atoms with E-state index >= 15 is 0 Å². The number of benzene rings is 1. The van der Waals surface area contributed by atoms with Crippen LogP contribution in [0.2, 0.25) is 0 Å². The van der Waals surface area contributed by atoms with Crippen LogP contribution < -0.4 is 5.32 Å². The van der Waals surface area contributed by atoms with E-state index in [9.17, 15) is 22.9 Å². The van der Waals surface area contributed by atoms with E-state index in [1.807, 2.05) is 0 Å². The van der Waals surface area contributed by atoms with E-state index in [2.05, 4.69) is 21.2 Å². The van der Waals surface area contributed by atoms with Gasteiger partial charge in [-0.25, -0.2) is 12.8 Å². The first kappa shape index (κ1) is 14.8. The topological polar surface area (TPSA) is 89.3 Å². The van der Waals surface area contributed by atoms with Gasteiger partial charge in [0, 0.05) is 18.9 Å². The number of rotatable bonds is 5. The van der Waals surface area contributed by atoms with Crippen molar-refractivity contribution in [1.82, 2.24) is 0 Å². The number of anilines is 1. The van der Waals surface area contributed by atoms with Crippen molar-refractivity contribution in [2.75, 3.05) is 23.9 Å². The van der Waals surface area contributed by atoms with Crippen LogP contribution in [0, 0.1) is 15.9 Å². The predicted molar refractivity (Wildman–Crippen MR) is 69.0 cm³/mol. The molecule has 0 aromatic heterocycles. The molecule has 0 aliphatic rings. The molecule has 0 bridgehead atoms. The van der Waals surface area contributed by atoms with E-state index in [4.69, 9.17) is 0 Å². The number of nitrogens with zero attached hydrogens (tertiary/aromatic N) is 1. The Kier molecular flexibility index (Phi) is 4.63. The summed E-state index contributed by atoms with van der Waals surface area (Å²) in [5.74, 6) is -0.854. The van der Waals surface area contributed by atoms with Gasteiger partial charge in [0.05, 0.1) is 10.7 Å². The Bertz CT molecular complexity index is 576. The minimum atomic E-state index is -3.19. The van der Waals surface area contributed by atoms with Crippen LogP contribution in [-0.2, 0) is 9.84 Å². The summed E-state index contributed by atoms with van der Waals surface area (Å²) in [5.41, 5.74) is -0.388. The van der Waals surface area contributed by atoms with Crippen molar-refractivity contribution in [3.05, 3.63) is 32.5 Å². The molecule has 0 spiro atoms. The highest BCUT2D eigenvalue weighted by Gasteiger charge is 2.20. The predicted octanol–water partition coefficient (Wildman–Crippen LogP) is 1.95. The van der Waals surface area contributed by atoms with E-state index in [0.29, 0.717) is 0 Å².